The zero-order chi connectivity index (χ0) is 15.2. The van der Waals surface area contributed by atoms with Crippen molar-refractivity contribution in [2.45, 2.75) is 37.8 Å². The summed E-state index contributed by atoms with van der Waals surface area (Å²) in [5.41, 5.74) is -0.0527. The monoisotopic (exact) mass is 358 g/mol. The Hall–Kier alpha value is -0.850. The van der Waals surface area contributed by atoms with E-state index in [1.54, 1.807) is 26.4 Å². The van der Waals surface area contributed by atoms with Gasteiger partial charge in [0.25, 0.3) is 5.56 Å². The van der Waals surface area contributed by atoms with Gasteiger partial charge in [-0.05, 0) is 41.6 Å². The average molecular weight is 359 g/mol. The van der Waals surface area contributed by atoms with Gasteiger partial charge in [-0.3, -0.25) is 4.79 Å². The molecule has 0 radical (unpaired) electrons. The molecule has 1 aliphatic rings. The predicted molar refractivity (Wildman–Crippen MR) is 85.9 cm³/mol. The molecule has 1 aromatic rings. The highest BCUT2D eigenvalue weighted by Gasteiger charge is 2.22. The summed E-state index contributed by atoms with van der Waals surface area (Å²) in [5.74, 6) is 0.647. The number of hydrogen-bond acceptors (Lipinski definition) is 4. The minimum Gasteiger partial charge on any atom is -0.489 e. The SMILES string of the molecule is COCCNC1CCC(Oc2cc(=O)n(C)cc2Br)CC1. The van der Waals surface area contributed by atoms with Crippen LogP contribution in [0.15, 0.2) is 21.5 Å². The Morgan fingerprint density at radius 2 is 2.10 bits per heavy atom. The van der Waals surface area contributed by atoms with E-state index in [4.69, 9.17) is 9.47 Å². The molecule has 1 saturated carbocycles. The molecule has 1 heterocycles. The molecule has 21 heavy (non-hydrogen) atoms. The summed E-state index contributed by atoms with van der Waals surface area (Å²) in [6.45, 7) is 1.64. The Morgan fingerprint density at radius 3 is 2.76 bits per heavy atom. The van der Waals surface area contributed by atoms with E-state index >= 15 is 0 Å². The lowest BCUT2D eigenvalue weighted by atomic mass is 9.93. The molecule has 2 rings (SSSR count). The standard InChI is InChI=1S/C15H23BrN2O3/c1-18-10-13(16)14(9-15(18)19)21-12-5-3-11(4-6-12)17-7-8-20-2/h9-12,17H,3-8H2,1-2H3. The second kappa shape index (κ2) is 7.96. The van der Waals surface area contributed by atoms with Crippen molar-refractivity contribution in [1.82, 2.24) is 9.88 Å². The Bertz CT molecular complexity index is 510. The predicted octanol–water partition coefficient (Wildman–Crippen LogP) is 2.07. The van der Waals surface area contributed by atoms with Crippen LogP contribution in [0.2, 0.25) is 0 Å². The molecule has 0 bridgehead atoms. The maximum absolute atomic E-state index is 11.7. The van der Waals surface area contributed by atoms with Gasteiger partial charge >= 0.3 is 0 Å². The van der Waals surface area contributed by atoms with E-state index in [0.717, 1.165) is 43.3 Å². The Balaban J connectivity index is 1.83. The van der Waals surface area contributed by atoms with Crippen LogP contribution in [0.5, 0.6) is 5.75 Å². The van der Waals surface area contributed by atoms with Crippen molar-refractivity contribution in [3.8, 4) is 5.75 Å². The second-order valence-electron chi connectivity index (χ2n) is 5.47. The molecule has 0 aliphatic heterocycles. The van der Waals surface area contributed by atoms with Crippen LogP contribution in [0.25, 0.3) is 0 Å². The molecule has 6 heteroatoms. The number of rotatable bonds is 6. The van der Waals surface area contributed by atoms with Gasteiger partial charge in [0.2, 0.25) is 0 Å². The summed E-state index contributed by atoms with van der Waals surface area (Å²) in [7, 11) is 3.45. The van der Waals surface area contributed by atoms with Crippen molar-refractivity contribution in [1.29, 1.82) is 0 Å². The Labute approximate surface area is 133 Å². The summed E-state index contributed by atoms with van der Waals surface area (Å²) in [4.78, 5) is 11.7. The summed E-state index contributed by atoms with van der Waals surface area (Å²) in [5, 5.41) is 3.49. The molecule has 5 nitrogen and oxygen atoms in total. The molecule has 0 saturated heterocycles. The van der Waals surface area contributed by atoms with E-state index < -0.39 is 0 Å². The molecule has 1 aliphatic carbocycles. The number of aryl methyl sites for hydroxylation is 1. The molecule has 1 N–H and O–H groups in total. The largest absolute Gasteiger partial charge is 0.489 e. The van der Waals surface area contributed by atoms with Crippen molar-refractivity contribution in [3.63, 3.8) is 0 Å². The lowest BCUT2D eigenvalue weighted by Crippen LogP contribution is -2.37. The first-order valence-electron chi connectivity index (χ1n) is 7.35. The van der Waals surface area contributed by atoms with Crippen LogP contribution in [0.4, 0.5) is 0 Å². The van der Waals surface area contributed by atoms with Gasteiger partial charge < -0.3 is 19.4 Å². The van der Waals surface area contributed by atoms with Crippen LogP contribution >= 0.6 is 15.9 Å². The molecule has 1 aromatic heterocycles. The average Bonchev–Trinajstić information content (AvgIpc) is 2.47. The number of hydrogen-bond donors (Lipinski definition) is 1. The first kappa shape index (κ1) is 16.5. The molecule has 0 unspecified atom stereocenters. The van der Waals surface area contributed by atoms with Crippen molar-refractivity contribution >= 4 is 15.9 Å². The van der Waals surface area contributed by atoms with E-state index in [0.29, 0.717) is 11.8 Å². The zero-order valence-corrected chi connectivity index (χ0v) is 14.2. The molecule has 1 fully saturated rings. The number of halogens is 1. The van der Waals surface area contributed by atoms with Gasteiger partial charge in [0.15, 0.2) is 0 Å². The third-order valence-corrected chi connectivity index (χ3v) is 4.45. The van der Waals surface area contributed by atoms with Crippen LogP contribution in [-0.2, 0) is 11.8 Å². The van der Waals surface area contributed by atoms with Crippen molar-refractivity contribution in [3.05, 3.63) is 27.1 Å². The lowest BCUT2D eigenvalue weighted by molar-refractivity contribution is 0.133. The van der Waals surface area contributed by atoms with E-state index in [1.807, 2.05) is 0 Å². The quantitative estimate of drug-likeness (QED) is 0.791. The summed E-state index contributed by atoms with van der Waals surface area (Å²) >= 11 is 3.45. The molecule has 118 valence electrons. The fraction of sp³-hybridized carbons (Fsp3) is 0.667. The van der Waals surface area contributed by atoms with Gasteiger partial charge in [0.1, 0.15) is 5.75 Å². The Morgan fingerprint density at radius 1 is 1.38 bits per heavy atom. The summed E-state index contributed by atoms with van der Waals surface area (Å²) in [6, 6.07) is 2.10. The first-order valence-corrected chi connectivity index (χ1v) is 8.14. The van der Waals surface area contributed by atoms with E-state index in [1.165, 1.54) is 4.57 Å². The van der Waals surface area contributed by atoms with Gasteiger partial charge in [-0.2, -0.15) is 0 Å². The summed E-state index contributed by atoms with van der Waals surface area (Å²) < 4.78 is 13.4. The van der Waals surface area contributed by atoms with Crippen LogP contribution < -0.4 is 15.6 Å². The lowest BCUT2D eigenvalue weighted by Gasteiger charge is -2.29. The van der Waals surface area contributed by atoms with Crippen LogP contribution in [0.1, 0.15) is 25.7 Å². The highest BCUT2D eigenvalue weighted by atomic mass is 79.9. The molecule has 0 spiro atoms. The fourth-order valence-corrected chi connectivity index (χ4v) is 3.11. The highest BCUT2D eigenvalue weighted by Crippen LogP contribution is 2.28. The van der Waals surface area contributed by atoms with E-state index in [9.17, 15) is 4.79 Å². The van der Waals surface area contributed by atoms with Gasteiger partial charge in [0, 0.05) is 39.0 Å². The molecule has 0 amide bonds. The second-order valence-corrected chi connectivity index (χ2v) is 6.33. The summed E-state index contributed by atoms with van der Waals surface area (Å²) in [6.07, 6.45) is 6.14. The first-order chi connectivity index (χ1) is 10.1. The maximum atomic E-state index is 11.7. The van der Waals surface area contributed by atoms with Crippen LogP contribution in [-0.4, -0.2) is 37.0 Å². The molecular formula is C15H23BrN2O3. The van der Waals surface area contributed by atoms with Crippen LogP contribution in [0.3, 0.4) is 0 Å². The number of nitrogens with one attached hydrogen (secondary N) is 1. The molecular weight excluding hydrogens is 336 g/mol. The smallest absolute Gasteiger partial charge is 0.254 e. The van der Waals surface area contributed by atoms with Crippen molar-refractivity contribution < 1.29 is 9.47 Å². The number of methoxy groups -OCH3 is 1. The van der Waals surface area contributed by atoms with E-state index in [2.05, 4.69) is 21.2 Å². The minimum absolute atomic E-state index is 0.0527. The van der Waals surface area contributed by atoms with Crippen molar-refractivity contribution in [2.75, 3.05) is 20.3 Å². The maximum Gasteiger partial charge on any atom is 0.254 e. The Kier molecular flexibility index (Phi) is 6.26. The topological polar surface area (TPSA) is 52.5 Å². The van der Waals surface area contributed by atoms with Gasteiger partial charge in [-0.15, -0.1) is 0 Å². The number of pyridine rings is 1. The van der Waals surface area contributed by atoms with E-state index in [-0.39, 0.29) is 11.7 Å². The number of ether oxygens (including phenoxy) is 2. The molecule has 0 aromatic carbocycles. The third kappa shape index (κ3) is 4.83. The van der Waals surface area contributed by atoms with Crippen LogP contribution in [0, 0.1) is 0 Å². The van der Waals surface area contributed by atoms with Gasteiger partial charge in [-0.1, -0.05) is 0 Å². The third-order valence-electron chi connectivity index (χ3n) is 3.85. The number of nitrogens with zero attached hydrogens (tertiary/aromatic N) is 1. The number of aromatic nitrogens is 1. The van der Waals surface area contributed by atoms with Gasteiger partial charge in [-0.25, -0.2) is 0 Å². The zero-order valence-electron chi connectivity index (χ0n) is 12.6. The minimum atomic E-state index is -0.0527. The fourth-order valence-electron chi connectivity index (χ4n) is 2.60. The highest BCUT2D eigenvalue weighted by molar-refractivity contribution is 9.10. The van der Waals surface area contributed by atoms with Crippen molar-refractivity contribution in [2.24, 2.45) is 7.05 Å². The normalized spacial score (nSPS) is 22.2. The van der Waals surface area contributed by atoms with Gasteiger partial charge in [0.05, 0.1) is 17.2 Å². The molecule has 0 atom stereocenters.